The molecule has 0 saturated carbocycles. The lowest BCUT2D eigenvalue weighted by atomic mass is 10.0. The van der Waals surface area contributed by atoms with E-state index < -0.39 is 0 Å². The lowest BCUT2D eigenvalue weighted by molar-refractivity contribution is 0.392. The van der Waals surface area contributed by atoms with E-state index in [4.69, 9.17) is 9.47 Å². The van der Waals surface area contributed by atoms with Crippen LogP contribution in [-0.2, 0) is 7.05 Å². The molecule has 0 aliphatic heterocycles. The lowest BCUT2D eigenvalue weighted by Crippen LogP contribution is -2.20. The van der Waals surface area contributed by atoms with Gasteiger partial charge >= 0.3 is 0 Å². The Morgan fingerprint density at radius 1 is 1.10 bits per heavy atom. The van der Waals surface area contributed by atoms with E-state index in [2.05, 4.69) is 16.5 Å². The van der Waals surface area contributed by atoms with Gasteiger partial charge in [0.25, 0.3) is 0 Å². The van der Waals surface area contributed by atoms with Crippen molar-refractivity contribution in [1.29, 1.82) is 0 Å². The number of nitrogens with zero attached hydrogens (tertiary/aromatic N) is 2. The van der Waals surface area contributed by atoms with Crippen LogP contribution in [0.2, 0.25) is 0 Å². The Hall–Kier alpha value is -2.01. The largest absolute Gasteiger partial charge is 0.497 e. The quantitative estimate of drug-likeness (QED) is 0.907. The first-order valence-electron chi connectivity index (χ1n) is 6.49. The molecule has 1 N–H and O–H groups in total. The molecule has 0 bridgehead atoms. The van der Waals surface area contributed by atoms with Crippen LogP contribution < -0.4 is 14.8 Å². The lowest BCUT2D eigenvalue weighted by Gasteiger charge is -2.18. The predicted octanol–water partition coefficient (Wildman–Crippen LogP) is 2.05. The van der Waals surface area contributed by atoms with Crippen LogP contribution in [0.4, 0.5) is 0 Å². The third-order valence-electron chi connectivity index (χ3n) is 3.33. The Bertz CT molecular complexity index is 571. The van der Waals surface area contributed by atoms with Crippen molar-refractivity contribution in [1.82, 2.24) is 15.1 Å². The molecular formula is C15H21N3O2. The summed E-state index contributed by atoms with van der Waals surface area (Å²) >= 11 is 0. The van der Waals surface area contributed by atoms with Crippen molar-refractivity contribution in [3.05, 3.63) is 41.2 Å². The van der Waals surface area contributed by atoms with E-state index in [-0.39, 0.29) is 6.04 Å². The van der Waals surface area contributed by atoms with Crippen LogP contribution in [0.5, 0.6) is 11.5 Å². The van der Waals surface area contributed by atoms with Crippen molar-refractivity contribution in [2.45, 2.75) is 13.0 Å². The Balaban J connectivity index is 2.48. The second-order valence-corrected chi connectivity index (χ2v) is 4.70. The highest BCUT2D eigenvalue weighted by molar-refractivity contribution is 5.42. The number of benzene rings is 1. The summed E-state index contributed by atoms with van der Waals surface area (Å²) in [4.78, 5) is 0. The summed E-state index contributed by atoms with van der Waals surface area (Å²) in [5.74, 6) is 1.55. The molecular weight excluding hydrogens is 254 g/mol. The summed E-state index contributed by atoms with van der Waals surface area (Å²) in [6, 6.07) is 7.99. The van der Waals surface area contributed by atoms with E-state index >= 15 is 0 Å². The molecule has 108 valence electrons. The molecule has 0 radical (unpaired) electrons. The maximum atomic E-state index is 5.33. The maximum Gasteiger partial charge on any atom is 0.122 e. The molecule has 0 fully saturated rings. The van der Waals surface area contributed by atoms with Crippen molar-refractivity contribution in [3.63, 3.8) is 0 Å². The molecule has 0 spiro atoms. The molecule has 0 aliphatic carbocycles. The van der Waals surface area contributed by atoms with Gasteiger partial charge in [-0.15, -0.1) is 0 Å². The van der Waals surface area contributed by atoms with E-state index in [1.807, 2.05) is 43.9 Å². The minimum absolute atomic E-state index is 0.0326. The molecule has 20 heavy (non-hydrogen) atoms. The Labute approximate surface area is 119 Å². The zero-order valence-corrected chi connectivity index (χ0v) is 12.6. The Morgan fingerprint density at radius 2 is 1.70 bits per heavy atom. The first-order valence-corrected chi connectivity index (χ1v) is 6.49. The van der Waals surface area contributed by atoms with Crippen molar-refractivity contribution in [2.24, 2.45) is 7.05 Å². The van der Waals surface area contributed by atoms with Crippen LogP contribution in [0.25, 0.3) is 0 Å². The van der Waals surface area contributed by atoms with Crippen LogP contribution in [0.3, 0.4) is 0 Å². The van der Waals surface area contributed by atoms with Crippen molar-refractivity contribution in [2.75, 3.05) is 21.3 Å². The van der Waals surface area contributed by atoms with Gasteiger partial charge in [0.2, 0.25) is 0 Å². The average Bonchev–Trinajstić information content (AvgIpc) is 2.78. The number of ether oxygens (including phenoxy) is 2. The van der Waals surface area contributed by atoms with Gasteiger partial charge in [0.1, 0.15) is 11.5 Å². The molecule has 1 heterocycles. The van der Waals surface area contributed by atoms with Crippen molar-refractivity contribution in [3.8, 4) is 11.5 Å². The topological polar surface area (TPSA) is 48.3 Å². The van der Waals surface area contributed by atoms with Gasteiger partial charge in [-0.3, -0.25) is 4.68 Å². The zero-order chi connectivity index (χ0) is 14.7. The summed E-state index contributed by atoms with van der Waals surface area (Å²) in [7, 11) is 7.19. The van der Waals surface area contributed by atoms with Gasteiger partial charge in [0.15, 0.2) is 0 Å². The van der Waals surface area contributed by atoms with E-state index in [0.717, 1.165) is 28.5 Å². The first-order chi connectivity index (χ1) is 9.58. The molecule has 0 aliphatic rings. The van der Waals surface area contributed by atoms with Gasteiger partial charge in [-0.2, -0.15) is 5.10 Å². The summed E-state index contributed by atoms with van der Waals surface area (Å²) < 4.78 is 12.6. The standard InChI is InChI=1S/C15H21N3O2/c1-10-6-14(18(3)17-10)15(16-2)11-7-12(19-4)9-13(8-11)20-5/h6-9,15-16H,1-5H3. The highest BCUT2D eigenvalue weighted by Crippen LogP contribution is 2.29. The molecule has 5 heteroatoms. The number of hydrogen-bond donors (Lipinski definition) is 1. The third-order valence-corrected chi connectivity index (χ3v) is 3.33. The fraction of sp³-hybridized carbons (Fsp3) is 0.400. The van der Waals surface area contributed by atoms with Crippen molar-refractivity contribution >= 4 is 0 Å². The van der Waals surface area contributed by atoms with Gasteiger partial charge in [0.05, 0.1) is 31.6 Å². The molecule has 0 amide bonds. The number of rotatable bonds is 5. The number of aryl methyl sites for hydroxylation is 2. The van der Waals surface area contributed by atoms with E-state index in [1.165, 1.54) is 0 Å². The fourth-order valence-corrected chi connectivity index (χ4v) is 2.38. The van der Waals surface area contributed by atoms with E-state index in [9.17, 15) is 0 Å². The summed E-state index contributed by atoms with van der Waals surface area (Å²) in [6.07, 6.45) is 0. The minimum atomic E-state index is 0.0326. The summed E-state index contributed by atoms with van der Waals surface area (Å²) in [5, 5.41) is 7.72. The monoisotopic (exact) mass is 275 g/mol. The normalized spacial score (nSPS) is 12.2. The minimum Gasteiger partial charge on any atom is -0.497 e. The summed E-state index contributed by atoms with van der Waals surface area (Å²) in [5.41, 5.74) is 3.17. The van der Waals surface area contributed by atoms with Gasteiger partial charge in [-0.25, -0.2) is 0 Å². The number of methoxy groups -OCH3 is 2. The average molecular weight is 275 g/mol. The van der Waals surface area contributed by atoms with Gasteiger partial charge in [0, 0.05) is 13.1 Å². The zero-order valence-electron chi connectivity index (χ0n) is 12.6. The predicted molar refractivity (Wildman–Crippen MR) is 78.4 cm³/mol. The van der Waals surface area contributed by atoms with Crippen molar-refractivity contribution < 1.29 is 9.47 Å². The van der Waals surface area contributed by atoms with E-state index in [0.29, 0.717) is 0 Å². The molecule has 1 aromatic carbocycles. The first kappa shape index (κ1) is 14.4. The van der Waals surface area contributed by atoms with E-state index in [1.54, 1.807) is 14.2 Å². The molecule has 1 atom stereocenters. The van der Waals surface area contributed by atoms with Crippen LogP contribution >= 0.6 is 0 Å². The molecule has 1 unspecified atom stereocenters. The highest BCUT2D eigenvalue weighted by Gasteiger charge is 2.18. The van der Waals surface area contributed by atoms with Crippen LogP contribution in [0.15, 0.2) is 24.3 Å². The van der Waals surface area contributed by atoms with Gasteiger partial charge in [-0.05, 0) is 37.7 Å². The molecule has 2 aromatic rings. The van der Waals surface area contributed by atoms with Gasteiger partial charge < -0.3 is 14.8 Å². The number of nitrogens with one attached hydrogen (secondary N) is 1. The molecule has 1 aromatic heterocycles. The fourth-order valence-electron chi connectivity index (χ4n) is 2.38. The van der Waals surface area contributed by atoms with Crippen LogP contribution in [0.1, 0.15) is 23.0 Å². The second kappa shape index (κ2) is 5.96. The molecule has 5 nitrogen and oxygen atoms in total. The van der Waals surface area contributed by atoms with Crippen LogP contribution in [0, 0.1) is 6.92 Å². The number of aromatic nitrogens is 2. The maximum absolute atomic E-state index is 5.33. The van der Waals surface area contributed by atoms with Gasteiger partial charge in [-0.1, -0.05) is 0 Å². The Kier molecular flexibility index (Phi) is 4.29. The Morgan fingerprint density at radius 3 is 2.10 bits per heavy atom. The number of hydrogen-bond acceptors (Lipinski definition) is 4. The highest BCUT2D eigenvalue weighted by atomic mass is 16.5. The van der Waals surface area contributed by atoms with Crippen LogP contribution in [-0.4, -0.2) is 31.0 Å². The summed E-state index contributed by atoms with van der Waals surface area (Å²) in [6.45, 7) is 1.99. The second-order valence-electron chi connectivity index (χ2n) is 4.70. The molecule has 2 rings (SSSR count). The third kappa shape index (κ3) is 2.77. The smallest absolute Gasteiger partial charge is 0.122 e. The SMILES string of the molecule is CNC(c1cc(OC)cc(OC)c1)c1cc(C)nn1C. The molecule has 0 saturated heterocycles.